The first-order valence-electron chi connectivity index (χ1n) is 14.1. The fourth-order valence-electron chi connectivity index (χ4n) is 7.00. The number of carbonyl (C=O) groups excluding carboxylic acids is 1. The van der Waals surface area contributed by atoms with Gasteiger partial charge in [-0.3, -0.25) is 4.79 Å². The molecular formula is C34H36O8. The zero-order chi connectivity index (χ0) is 30.5. The van der Waals surface area contributed by atoms with Crippen LogP contribution in [0.5, 0.6) is 28.7 Å². The van der Waals surface area contributed by atoms with Crippen molar-refractivity contribution in [1.82, 2.24) is 0 Å². The van der Waals surface area contributed by atoms with Crippen molar-refractivity contribution in [2.75, 3.05) is 14.2 Å². The van der Waals surface area contributed by atoms with Gasteiger partial charge in [-0.1, -0.05) is 19.9 Å². The smallest absolute Gasteiger partial charge is 0.169 e. The second-order valence-corrected chi connectivity index (χ2v) is 12.5. The summed E-state index contributed by atoms with van der Waals surface area (Å²) in [7, 11) is 3.06. The van der Waals surface area contributed by atoms with Crippen LogP contribution in [0.3, 0.4) is 0 Å². The number of aliphatic hydroxyl groups is 1. The summed E-state index contributed by atoms with van der Waals surface area (Å²) in [6.07, 6.45) is -0.623. The van der Waals surface area contributed by atoms with Crippen molar-refractivity contribution in [3.63, 3.8) is 0 Å². The molecule has 4 N–H and O–H groups in total. The van der Waals surface area contributed by atoms with Crippen molar-refractivity contribution in [1.29, 1.82) is 0 Å². The Morgan fingerprint density at radius 1 is 0.881 bits per heavy atom. The molecule has 4 aromatic rings. The van der Waals surface area contributed by atoms with E-state index in [1.165, 1.54) is 7.11 Å². The number of phenolic OH excluding ortho intramolecular Hbond substituents is 3. The molecule has 3 atom stereocenters. The van der Waals surface area contributed by atoms with Gasteiger partial charge in [0.25, 0.3) is 0 Å². The number of ketones is 1. The molecule has 2 aliphatic rings. The third kappa shape index (κ3) is 3.85. The SMILES string of the molecule is COc1cc(OC)c2c(O)c3c(c(-c4ccc5cc6c(c(O)c5c4O)C(=O)CC(C)(O)C6)c2c1)C(C)(C)C(C)OC3C. The van der Waals surface area contributed by atoms with Crippen LogP contribution in [0.1, 0.15) is 74.2 Å². The number of ether oxygens (including phenoxy) is 3. The molecule has 0 fully saturated rings. The van der Waals surface area contributed by atoms with Gasteiger partial charge >= 0.3 is 0 Å². The number of benzene rings is 4. The minimum absolute atomic E-state index is 0.0329. The van der Waals surface area contributed by atoms with Crippen molar-refractivity contribution in [3.05, 3.63) is 52.6 Å². The molecule has 3 unspecified atom stereocenters. The lowest BCUT2D eigenvalue weighted by molar-refractivity contribution is -0.0469. The molecule has 42 heavy (non-hydrogen) atoms. The van der Waals surface area contributed by atoms with Crippen molar-refractivity contribution in [2.45, 2.75) is 70.7 Å². The van der Waals surface area contributed by atoms with Crippen LogP contribution in [-0.2, 0) is 16.6 Å². The minimum atomic E-state index is -1.21. The maximum absolute atomic E-state index is 13.1. The molecule has 6 rings (SSSR count). The van der Waals surface area contributed by atoms with Crippen LogP contribution in [0.4, 0.5) is 0 Å². The minimum Gasteiger partial charge on any atom is -0.507 e. The van der Waals surface area contributed by atoms with Gasteiger partial charge < -0.3 is 34.6 Å². The second kappa shape index (κ2) is 9.24. The Balaban J connectivity index is 1.79. The van der Waals surface area contributed by atoms with E-state index in [2.05, 4.69) is 0 Å². The van der Waals surface area contributed by atoms with Gasteiger partial charge in [0, 0.05) is 40.8 Å². The number of hydrogen-bond acceptors (Lipinski definition) is 8. The number of fused-ring (bicyclic) bond motifs is 4. The summed E-state index contributed by atoms with van der Waals surface area (Å²) >= 11 is 0. The summed E-state index contributed by atoms with van der Waals surface area (Å²) in [5.41, 5.74) is 1.29. The van der Waals surface area contributed by atoms with E-state index < -0.39 is 17.1 Å². The van der Waals surface area contributed by atoms with Gasteiger partial charge in [0.1, 0.15) is 28.7 Å². The zero-order valence-corrected chi connectivity index (χ0v) is 24.9. The third-order valence-electron chi connectivity index (χ3n) is 9.28. The molecule has 0 bridgehead atoms. The first kappa shape index (κ1) is 28.1. The Hall–Kier alpha value is -4.01. The van der Waals surface area contributed by atoms with Crippen LogP contribution in [0.15, 0.2) is 30.3 Å². The molecule has 1 aliphatic heterocycles. The average molecular weight is 573 g/mol. The monoisotopic (exact) mass is 572 g/mol. The number of carbonyl (C=O) groups is 1. The quantitative estimate of drug-likeness (QED) is 0.221. The number of aromatic hydroxyl groups is 3. The number of methoxy groups -OCH3 is 2. The summed E-state index contributed by atoms with van der Waals surface area (Å²) in [6.45, 7) is 9.53. The van der Waals surface area contributed by atoms with Crippen molar-refractivity contribution in [2.24, 2.45) is 0 Å². The predicted molar refractivity (Wildman–Crippen MR) is 160 cm³/mol. The Morgan fingerprint density at radius 2 is 1.60 bits per heavy atom. The largest absolute Gasteiger partial charge is 0.507 e. The maximum Gasteiger partial charge on any atom is 0.169 e. The van der Waals surface area contributed by atoms with Crippen LogP contribution in [0, 0.1) is 0 Å². The number of rotatable bonds is 3. The lowest BCUT2D eigenvalue weighted by Crippen LogP contribution is -2.40. The number of phenols is 3. The lowest BCUT2D eigenvalue weighted by atomic mass is 9.69. The van der Waals surface area contributed by atoms with Gasteiger partial charge in [-0.15, -0.1) is 0 Å². The Labute approximate surface area is 244 Å². The highest BCUT2D eigenvalue weighted by Crippen LogP contribution is 2.57. The van der Waals surface area contributed by atoms with Crippen molar-refractivity contribution in [3.8, 4) is 39.9 Å². The van der Waals surface area contributed by atoms with Gasteiger partial charge in [0.05, 0.1) is 48.4 Å². The molecule has 0 saturated heterocycles. The van der Waals surface area contributed by atoms with Gasteiger partial charge in [-0.25, -0.2) is 0 Å². The molecule has 4 aromatic carbocycles. The summed E-state index contributed by atoms with van der Waals surface area (Å²) in [5, 5.41) is 47.6. The van der Waals surface area contributed by atoms with Crippen LogP contribution in [0.2, 0.25) is 0 Å². The van der Waals surface area contributed by atoms with E-state index in [4.69, 9.17) is 14.2 Å². The zero-order valence-electron chi connectivity index (χ0n) is 24.9. The molecule has 0 saturated carbocycles. The van der Waals surface area contributed by atoms with Gasteiger partial charge in [0.15, 0.2) is 5.78 Å². The molecule has 8 heteroatoms. The number of hydrogen-bond donors (Lipinski definition) is 4. The van der Waals surface area contributed by atoms with Crippen molar-refractivity contribution < 1.29 is 39.4 Å². The topological polar surface area (TPSA) is 126 Å². The van der Waals surface area contributed by atoms with E-state index >= 15 is 0 Å². The molecular weight excluding hydrogens is 536 g/mol. The molecule has 1 aliphatic carbocycles. The molecule has 220 valence electrons. The van der Waals surface area contributed by atoms with Gasteiger partial charge in [0.2, 0.25) is 0 Å². The standard InChI is InChI=1S/C34H36O8/c1-15-24-29(33(3,4)16(2)42-15)27(21-11-19(40-6)12-23(41-7)28(21)31(24)37)20-9-8-17-10-18-13-34(5,39)14-22(35)25(18)32(38)26(17)30(20)36/h8-12,15-16,36-39H,13-14H2,1-7H3. The van der Waals surface area contributed by atoms with E-state index in [0.29, 0.717) is 49.9 Å². The number of Topliss-reactive ketones (excluding diaryl/α,β-unsaturated/α-hetero) is 1. The van der Waals surface area contributed by atoms with Crippen molar-refractivity contribution >= 4 is 27.3 Å². The van der Waals surface area contributed by atoms with E-state index in [-0.39, 0.29) is 52.9 Å². The van der Waals surface area contributed by atoms with E-state index in [9.17, 15) is 25.2 Å². The fraction of sp³-hybridized carbons (Fsp3) is 0.382. The first-order chi connectivity index (χ1) is 19.7. The Bertz CT molecular complexity index is 1820. The molecule has 1 heterocycles. The molecule has 0 amide bonds. The summed E-state index contributed by atoms with van der Waals surface area (Å²) < 4.78 is 17.6. The summed E-state index contributed by atoms with van der Waals surface area (Å²) in [6, 6.07) is 8.82. The van der Waals surface area contributed by atoms with Crippen LogP contribution < -0.4 is 9.47 Å². The average Bonchev–Trinajstić information content (AvgIpc) is 2.90. The first-order valence-corrected chi connectivity index (χ1v) is 14.1. The highest BCUT2D eigenvalue weighted by molar-refractivity contribution is 6.13. The van der Waals surface area contributed by atoms with Crippen LogP contribution in [0.25, 0.3) is 32.7 Å². The van der Waals surface area contributed by atoms with Gasteiger partial charge in [-0.2, -0.15) is 0 Å². The molecule has 8 nitrogen and oxygen atoms in total. The Morgan fingerprint density at radius 3 is 2.26 bits per heavy atom. The molecule has 0 radical (unpaired) electrons. The Kier molecular flexibility index (Phi) is 6.19. The van der Waals surface area contributed by atoms with E-state index in [0.717, 1.165) is 5.56 Å². The predicted octanol–water partition coefficient (Wildman–Crippen LogP) is 6.43. The fourth-order valence-corrected chi connectivity index (χ4v) is 7.00. The van der Waals surface area contributed by atoms with Crippen LogP contribution >= 0.6 is 0 Å². The van der Waals surface area contributed by atoms with E-state index in [1.54, 1.807) is 44.4 Å². The lowest BCUT2D eigenvalue weighted by Gasteiger charge is -2.43. The molecule has 0 spiro atoms. The highest BCUT2D eigenvalue weighted by atomic mass is 16.5. The maximum atomic E-state index is 13.1. The highest BCUT2D eigenvalue weighted by Gasteiger charge is 2.43. The summed E-state index contributed by atoms with van der Waals surface area (Å²) in [5.74, 6) is 0.0410. The van der Waals surface area contributed by atoms with E-state index in [1.807, 2.05) is 27.7 Å². The molecule has 0 aromatic heterocycles. The third-order valence-corrected chi connectivity index (χ3v) is 9.28. The van der Waals surface area contributed by atoms with Gasteiger partial charge in [-0.05, 0) is 61.0 Å². The van der Waals surface area contributed by atoms with Crippen LogP contribution in [-0.4, -0.2) is 52.1 Å². The normalized spacial score (nSPS) is 23.1. The summed E-state index contributed by atoms with van der Waals surface area (Å²) in [4.78, 5) is 13.1. The second-order valence-electron chi connectivity index (χ2n) is 12.5.